The van der Waals surface area contributed by atoms with Gasteiger partial charge < -0.3 is 5.32 Å². The summed E-state index contributed by atoms with van der Waals surface area (Å²) in [5.74, 6) is 0.120. The number of nitrogens with one attached hydrogen (secondary N) is 1. The smallest absolute Gasteiger partial charge is 0.178 e. The maximum Gasteiger partial charge on any atom is 0.178 e. The summed E-state index contributed by atoms with van der Waals surface area (Å²) in [5.41, 5.74) is 1.99. The summed E-state index contributed by atoms with van der Waals surface area (Å²) in [4.78, 5) is 0.365. The van der Waals surface area contributed by atoms with Gasteiger partial charge in [-0.15, -0.1) is 0 Å². The minimum absolute atomic E-state index is 0.120. The number of aryl methyl sites for hydroxylation is 1. The topological polar surface area (TPSA) is 64.0 Å². The second kappa shape index (κ2) is 6.09. The summed E-state index contributed by atoms with van der Waals surface area (Å²) in [6.45, 7) is 5.18. The molecule has 2 rings (SSSR count). The van der Waals surface area contributed by atoms with Gasteiger partial charge in [0.1, 0.15) is 0 Å². The molecule has 1 N–H and O–H groups in total. The highest BCUT2D eigenvalue weighted by Gasteiger charge is 2.10. The fourth-order valence-electron chi connectivity index (χ4n) is 1.93. The van der Waals surface area contributed by atoms with Gasteiger partial charge in [-0.3, -0.25) is 4.68 Å². The first kappa shape index (κ1) is 14.6. The van der Waals surface area contributed by atoms with Crippen molar-refractivity contribution in [1.29, 1.82) is 0 Å². The van der Waals surface area contributed by atoms with E-state index in [2.05, 4.69) is 10.4 Å². The number of sulfone groups is 1. The molecular formula is C14H19N3O2S. The first-order valence-electron chi connectivity index (χ1n) is 6.64. The van der Waals surface area contributed by atoms with Crippen molar-refractivity contribution in [3.05, 3.63) is 42.2 Å². The molecule has 5 nitrogen and oxygen atoms in total. The maximum atomic E-state index is 11.7. The van der Waals surface area contributed by atoms with E-state index in [4.69, 9.17) is 0 Å². The Morgan fingerprint density at radius 3 is 2.45 bits per heavy atom. The summed E-state index contributed by atoms with van der Waals surface area (Å²) in [6.07, 6.45) is 1.78. The van der Waals surface area contributed by atoms with Crippen LogP contribution >= 0.6 is 0 Å². The molecule has 0 radical (unpaired) electrons. The third-order valence-corrected chi connectivity index (χ3v) is 4.92. The van der Waals surface area contributed by atoms with Gasteiger partial charge >= 0.3 is 0 Å². The Balaban J connectivity index is 2.05. The molecule has 6 heteroatoms. The Morgan fingerprint density at radius 2 is 1.85 bits per heavy atom. The lowest BCUT2D eigenvalue weighted by Gasteiger charge is -2.09. The van der Waals surface area contributed by atoms with E-state index in [9.17, 15) is 8.42 Å². The number of hydrogen-bond acceptors (Lipinski definition) is 4. The van der Waals surface area contributed by atoms with Crippen LogP contribution in [0.1, 0.15) is 19.5 Å². The average molecular weight is 293 g/mol. The molecule has 0 spiro atoms. The molecule has 0 aliphatic heterocycles. The fraction of sp³-hybridized carbons (Fsp3) is 0.357. The van der Waals surface area contributed by atoms with Gasteiger partial charge in [0.25, 0.3) is 0 Å². The van der Waals surface area contributed by atoms with Crippen molar-refractivity contribution in [2.75, 3.05) is 11.1 Å². The van der Waals surface area contributed by atoms with Crippen LogP contribution in [0, 0.1) is 0 Å². The van der Waals surface area contributed by atoms with E-state index in [1.807, 2.05) is 17.7 Å². The van der Waals surface area contributed by atoms with E-state index < -0.39 is 9.84 Å². The van der Waals surface area contributed by atoms with Crippen LogP contribution in [0.25, 0.3) is 0 Å². The van der Waals surface area contributed by atoms with Gasteiger partial charge in [-0.25, -0.2) is 8.42 Å². The molecule has 0 aliphatic rings. The fourth-order valence-corrected chi connectivity index (χ4v) is 2.82. The third kappa shape index (κ3) is 3.19. The van der Waals surface area contributed by atoms with Crippen molar-refractivity contribution in [3.8, 4) is 0 Å². The third-order valence-electron chi connectivity index (χ3n) is 3.17. The van der Waals surface area contributed by atoms with Crippen LogP contribution in [0.5, 0.6) is 0 Å². The molecule has 0 fully saturated rings. The van der Waals surface area contributed by atoms with Crippen LogP contribution in [-0.4, -0.2) is 24.0 Å². The van der Waals surface area contributed by atoms with Gasteiger partial charge in [-0.1, -0.05) is 6.92 Å². The Morgan fingerprint density at radius 1 is 1.15 bits per heavy atom. The SMILES string of the molecule is CCn1nccc1CNc1ccc(S(=O)(=O)CC)cc1. The maximum absolute atomic E-state index is 11.7. The number of hydrogen-bond donors (Lipinski definition) is 1. The van der Waals surface area contributed by atoms with Crippen molar-refractivity contribution in [1.82, 2.24) is 9.78 Å². The molecule has 1 aromatic heterocycles. The van der Waals surface area contributed by atoms with E-state index in [1.54, 1.807) is 37.4 Å². The zero-order valence-corrected chi connectivity index (χ0v) is 12.5. The van der Waals surface area contributed by atoms with E-state index in [-0.39, 0.29) is 5.75 Å². The summed E-state index contributed by atoms with van der Waals surface area (Å²) in [6, 6.07) is 8.81. The predicted molar refractivity (Wildman–Crippen MR) is 79.4 cm³/mol. The first-order valence-corrected chi connectivity index (χ1v) is 8.29. The molecule has 0 atom stereocenters. The highest BCUT2D eigenvalue weighted by molar-refractivity contribution is 7.91. The Bertz CT molecular complexity index is 660. The second-order valence-electron chi connectivity index (χ2n) is 4.42. The molecule has 0 aliphatic carbocycles. The van der Waals surface area contributed by atoms with Crippen LogP contribution in [-0.2, 0) is 22.9 Å². The normalized spacial score (nSPS) is 11.5. The van der Waals surface area contributed by atoms with E-state index in [0.717, 1.165) is 17.9 Å². The highest BCUT2D eigenvalue weighted by Crippen LogP contribution is 2.16. The van der Waals surface area contributed by atoms with Crippen molar-refractivity contribution < 1.29 is 8.42 Å². The predicted octanol–water partition coefficient (Wildman–Crippen LogP) is 2.31. The number of anilines is 1. The molecule has 1 aromatic carbocycles. The van der Waals surface area contributed by atoms with Gasteiger partial charge in [0.05, 0.1) is 22.9 Å². The summed E-state index contributed by atoms with van der Waals surface area (Å²) in [7, 11) is -3.13. The summed E-state index contributed by atoms with van der Waals surface area (Å²) < 4.78 is 25.3. The van der Waals surface area contributed by atoms with Crippen LogP contribution < -0.4 is 5.32 Å². The zero-order chi connectivity index (χ0) is 14.6. The van der Waals surface area contributed by atoms with E-state index in [0.29, 0.717) is 11.4 Å². The lowest BCUT2D eigenvalue weighted by atomic mass is 10.3. The molecule has 0 amide bonds. The molecule has 20 heavy (non-hydrogen) atoms. The Labute approximate surface area is 119 Å². The van der Waals surface area contributed by atoms with E-state index >= 15 is 0 Å². The minimum atomic E-state index is -3.13. The number of rotatable bonds is 6. The van der Waals surface area contributed by atoms with Crippen molar-refractivity contribution in [2.45, 2.75) is 31.8 Å². The molecule has 0 unspecified atom stereocenters. The molecule has 1 heterocycles. The number of aromatic nitrogens is 2. The molecule has 2 aromatic rings. The standard InChI is InChI=1S/C14H19N3O2S/c1-3-17-13(9-10-16-17)11-15-12-5-7-14(8-6-12)20(18,19)4-2/h5-10,15H,3-4,11H2,1-2H3. The molecule has 108 valence electrons. The van der Waals surface area contributed by atoms with Gasteiger partial charge in [0.2, 0.25) is 0 Å². The van der Waals surface area contributed by atoms with Crippen LogP contribution in [0.4, 0.5) is 5.69 Å². The van der Waals surface area contributed by atoms with Crippen molar-refractivity contribution >= 4 is 15.5 Å². The van der Waals surface area contributed by atoms with Crippen molar-refractivity contribution in [2.24, 2.45) is 0 Å². The van der Waals surface area contributed by atoms with Gasteiger partial charge in [-0.05, 0) is 37.3 Å². The lowest BCUT2D eigenvalue weighted by molar-refractivity contribution is 0.597. The van der Waals surface area contributed by atoms with Crippen LogP contribution in [0.3, 0.4) is 0 Å². The number of nitrogens with zero attached hydrogens (tertiary/aromatic N) is 2. The summed E-state index contributed by atoms with van der Waals surface area (Å²) in [5, 5.41) is 7.46. The highest BCUT2D eigenvalue weighted by atomic mass is 32.2. The Kier molecular flexibility index (Phi) is 4.44. The monoisotopic (exact) mass is 293 g/mol. The molecule has 0 saturated heterocycles. The largest absolute Gasteiger partial charge is 0.379 e. The Hall–Kier alpha value is -1.82. The second-order valence-corrected chi connectivity index (χ2v) is 6.70. The van der Waals surface area contributed by atoms with Gasteiger partial charge in [-0.2, -0.15) is 5.10 Å². The summed E-state index contributed by atoms with van der Waals surface area (Å²) >= 11 is 0. The van der Waals surface area contributed by atoms with Crippen LogP contribution in [0.2, 0.25) is 0 Å². The van der Waals surface area contributed by atoms with Gasteiger partial charge in [0.15, 0.2) is 9.84 Å². The van der Waals surface area contributed by atoms with E-state index in [1.165, 1.54) is 0 Å². The van der Waals surface area contributed by atoms with Crippen LogP contribution in [0.15, 0.2) is 41.4 Å². The zero-order valence-electron chi connectivity index (χ0n) is 11.7. The van der Waals surface area contributed by atoms with Gasteiger partial charge in [0, 0.05) is 18.4 Å². The molecular weight excluding hydrogens is 274 g/mol. The quantitative estimate of drug-likeness (QED) is 0.887. The molecule has 0 bridgehead atoms. The van der Waals surface area contributed by atoms with Crippen molar-refractivity contribution in [3.63, 3.8) is 0 Å². The lowest BCUT2D eigenvalue weighted by Crippen LogP contribution is -2.08. The minimum Gasteiger partial charge on any atom is -0.379 e. The average Bonchev–Trinajstić information content (AvgIpc) is 2.93. The number of benzene rings is 1. The molecule has 0 saturated carbocycles. The first-order chi connectivity index (χ1) is 9.56.